The monoisotopic (exact) mass is 334 g/mol. The van der Waals surface area contributed by atoms with Gasteiger partial charge in [0.2, 0.25) is 5.88 Å². The van der Waals surface area contributed by atoms with E-state index in [1.807, 2.05) is 0 Å². The number of pyridine rings is 2. The first-order chi connectivity index (χ1) is 10.1. The quantitative estimate of drug-likeness (QED) is 0.863. The maximum Gasteiger partial charge on any atom is 0.422 e. The first kappa shape index (κ1) is 16.8. The van der Waals surface area contributed by atoms with Crippen LogP contribution in [0.2, 0.25) is 5.15 Å². The molecule has 0 saturated heterocycles. The summed E-state index contributed by atoms with van der Waals surface area (Å²) in [5.41, 5.74) is -0.743. The van der Waals surface area contributed by atoms with Crippen LogP contribution in [0.3, 0.4) is 0 Å². The van der Waals surface area contributed by atoms with Crippen molar-refractivity contribution in [3.8, 4) is 5.88 Å². The predicted octanol–water partition coefficient (Wildman–Crippen LogP) is 3.84. The second-order valence-corrected chi connectivity index (χ2v) is 5.45. The summed E-state index contributed by atoms with van der Waals surface area (Å²) in [7, 11) is 0. The Morgan fingerprint density at radius 3 is 2.50 bits per heavy atom. The van der Waals surface area contributed by atoms with Crippen LogP contribution in [0.15, 0.2) is 18.5 Å². The Morgan fingerprint density at radius 1 is 1.23 bits per heavy atom. The summed E-state index contributed by atoms with van der Waals surface area (Å²) in [6.07, 6.45) is -1.49. The summed E-state index contributed by atoms with van der Waals surface area (Å²) >= 11 is 5.85. The zero-order valence-corrected chi connectivity index (χ0v) is 12.7. The molecule has 0 aliphatic rings. The first-order valence-electron chi connectivity index (χ1n) is 6.50. The van der Waals surface area contributed by atoms with Gasteiger partial charge in [0, 0.05) is 18.0 Å². The Kier molecular flexibility index (Phi) is 4.49. The fourth-order valence-electron chi connectivity index (χ4n) is 1.97. The van der Waals surface area contributed by atoms with Gasteiger partial charge in [-0.3, -0.25) is 0 Å². The fourth-order valence-corrected chi connectivity index (χ4v) is 2.13. The van der Waals surface area contributed by atoms with Gasteiger partial charge in [-0.25, -0.2) is 9.97 Å². The molecule has 0 aliphatic carbocycles. The van der Waals surface area contributed by atoms with E-state index in [4.69, 9.17) is 16.3 Å². The minimum atomic E-state index is -4.47. The molecule has 0 unspecified atom stereocenters. The minimum absolute atomic E-state index is 0.161. The lowest BCUT2D eigenvalue weighted by Gasteiger charge is -2.24. The first-order valence-corrected chi connectivity index (χ1v) is 6.88. The second kappa shape index (κ2) is 5.89. The van der Waals surface area contributed by atoms with Crippen LogP contribution in [0.4, 0.5) is 13.2 Å². The normalized spacial score (nSPS) is 14.9. The topological polar surface area (TPSA) is 55.2 Å². The summed E-state index contributed by atoms with van der Waals surface area (Å²) in [4.78, 5) is 7.73. The van der Waals surface area contributed by atoms with Crippen LogP contribution in [0, 0.1) is 0 Å². The van der Waals surface area contributed by atoms with Gasteiger partial charge in [0.05, 0.1) is 11.0 Å². The molecule has 0 bridgehead atoms. The molecule has 0 aromatic carbocycles. The molecule has 2 aromatic rings. The molecule has 2 rings (SSSR count). The number of ether oxygens (including phenoxy) is 1. The van der Waals surface area contributed by atoms with E-state index < -0.39 is 18.4 Å². The van der Waals surface area contributed by atoms with Crippen molar-refractivity contribution in [2.75, 3.05) is 6.61 Å². The van der Waals surface area contributed by atoms with Crippen LogP contribution < -0.4 is 4.74 Å². The summed E-state index contributed by atoms with van der Waals surface area (Å²) in [5.74, 6) is -0.202. The van der Waals surface area contributed by atoms with Crippen molar-refractivity contribution in [3.63, 3.8) is 0 Å². The van der Waals surface area contributed by atoms with Crippen LogP contribution >= 0.6 is 11.6 Å². The molecule has 0 saturated carbocycles. The number of nitrogens with zero attached hydrogens (tertiary/aromatic N) is 2. The highest BCUT2D eigenvalue weighted by atomic mass is 35.5. The number of hydrogen-bond acceptors (Lipinski definition) is 4. The van der Waals surface area contributed by atoms with Gasteiger partial charge in [-0.05, 0) is 24.8 Å². The summed E-state index contributed by atoms with van der Waals surface area (Å²) < 4.78 is 41.6. The van der Waals surface area contributed by atoms with Crippen molar-refractivity contribution in [2.45, 2.75) is 32.0 Å². The Labute approximate surface area is 129 Å². The number of hydrogen-bond donors (Lipinski definition) is 1. The van der Waals surface area contributed by atoms with Crippen molar-refractivity contribution in [1.82, 2.24) is 9.97 Å². The van der Waals surface area contributed by atoms with Crippen LogP contribution in [-0.2, 0) is 5.60 Å². The molecule has 0 spiro atoms. The highest BCUT2D eigenvalue weighted by Gasteiger charge is 2.30. The fraction of sp³-hybridized carbons (Fsp3) is 0.429. The molecular formula is C14H14ClF3N2O2. The van der Waals surface area contributed by atoms with E-state index >= 15 is 0 Å². The number of aliphatic hydroxyl groups is 1. The van der Waals surface area contributed by atoms with E-state index in [0.717, 1.165) is 0 Å². The highest BCUT2D eigenvalue weighted by Crippen LogP contribution is 2.35. The van der Waals surface area contributed by atoms with Crippen LogP contribution in [0.25, 0.3) is 10.8 Å². The van der Waals surface area contributed by atoms with Gasteiger partial charge in [0.15, 0.2) is 6.61 Å². The van der Waals surface area contributed by atoms with Gasteiger partial charge in [0.1, 0.15) is 5.15 Å². The summed E-state index contributed by atoms with van der Waals surface area (Å²) in [6.45, 7) is 1.91. The van der Waals surface area contributed by atoms with Crippen LogP contribution in [-0.4, -0.2) is 27.9 Å². The number of fused-ring (bicyclic) bond motifs is 1. The van der Waals surface area contributed by atoms with E-state index in [0.29, 0.717) is 17.4 Å². The van der Waals surface area contributed by atoms with Crippen LogP contribution in [0.1, 0.15) is 25.8 Å². The SMILES string of the molecule is CC[C@](C)(O)c1cnc(OCC(F)(F)F)c2cnc(Cl)cc12. The Balaban J connectivity index is 2.56. The molecule has 120 valence electrons. The number of halogens is 4. The molecule has 2 aromatic heterocycles. The maximum absolute atomic E-state index is 12.3. The maximum atomic E-state index is 12.3. The molecule has 1 N–H and O–H groups in total. The van der Waals surface area contributed by atoms with E-state index in [1.165, 1.54) is 18.5 Å². The average Bonchev–Trinajstić information content (AvgIpc) is 2.43. The lowest BCUT2D eigenvalue weighted by Crippen LogP contribution is -2.22. The molecular weight excluding hydrogens is 321 g/mol. The zero-order valence-electron chi connectivity index (χ0n) is 11.9. The third-order valence-corrected chi connectivity index (χ3v) is 3.55. The van der Waals surface area contributed by atoms with Crippen molar-refractivity contribution in [3.05, 3.63) is 29.2 Å². The lowest BCUT2D eigenvalue weighted by atomic mass is 9.91. The lowest BCUT2D eigenvalue weighted by molar-refractivity contribution is -0.153. The van der Waals surface area contributed by atoms with Gasteiger partial charge in [-0.1, -0.05) is 18.5 Å². The third-order valence-electron chi connectivity index (χ3n) is 3.34. The largest absolute Gasteiger partial charge is 0.468 e. The number of alkyl halides is 3. The Morgan fingerprint density at radius 2 is 1.91 bits per heavy atom. The van der Waals surface area contributed by atoms with E-state index in [2.05, 4.69) is 9.97 Å². The molecule has 0 radical (unpaired) electrons. The van der Waals surface area contributed by atoms with Gasteiger partial charge in [-0.2, -0.15) is 13.2 Å². The van der Waals surface area contributed by atoms with Crippen molar-refractivity contribution in [1.29, 1.82) is 0 Å². The standard InChI is InChI=1S/C14H14ClF3N2O2/c1-3-13(2,21)10-6-20-12(22-7-14(16,17)18)9-5-19-11(15)4-8(9)10/h4-6,21H,3,7H2,1-2H3/t13-/m0/s1. The summed E-state index contributed by atoms with van der Waals surface area (Å²) in [6, 6.07) is 1.47. The van der Waals surface area contributed by atoms with Crippen LogP contribution in [0.5, 0.6) is 5.88 Å². The van der Waals surface area contributed by atoms with Gasteiger partial charge in [-0.15, -0.1) is 0 Å². The molecule has 0 aliphatic heterocycles. The van der Waals surface area contributed by atoms with Crippen molar-refractivity contribution >= 4 is 22.4 Å². The molecule has 1 atom stereocenters. The highest BCUT2D eigenvalue weighted by molar-refractivity contribution is 6.30. The smallest absolute Gasteiger partial charge is 0.422 e. The van der Waals surface area contributed by atoms with Gasteiger partial charge < -0.3 is 9.84 Å². The molecule has 4 nitrogen and oxygen atoms in total. The molecule has 0 fully saturated rings. The zero-order chi connectivity index (χ0) is 16.5. The molecule has 22 heavy (non-hydrogen) atoms. The molecule has 2 heterocycles. The Bertz CT molecular complexity index is 690. The number of aromatic nitrogens is 2. The minimum Gasteiger partial charge on any atom is -0.468 e. The van der Waals surface area contributed by atoms with Gasteiger partial charge in [0.25, 0.3) is 0 Å². The average molecular weight is 335 g/mol. The van der Waals surface area contributed by atoms with E-state index in [9.17, 15) is 18.3 Å². The van der Waals surface area contributed by atoms with Crippen molar-refractivity contribution in [2.24, 2.45) is 0 Å². The van der Waals surface area contributed by atoms with Gasteiger partial charge >= 0.3 is 6.18 Å². The molecule has 0 amide bonds. The number of rotatable bonds is 4. The third kappa shape index (κ3) is 3.59. The second-order valence-electron chi connectivity index (χ2n) is 5.06. The van der Waals surface area contributed by atoms with E-state index in [1.54, 1.807) is 13.8 Å². The molecule has 8 heteroatoms. The predicted molar refractivity (Wildman–Crippen MR) is 76.0 cm³/mol. The Hall–Kier alpha value is -1.60. The van der Waals surface area contributed by atoms with Crippen molar-refractivity contribution < 1.29 is 23.0 Å². The van der Waals surface area contributed by atoms with E-state index in [-0.39, 0.29) is 16.4 Å². The summed E-state index contributed by atoms with van der Waals surface area (Å²) in [5, 5.41) is 11.3.